The Morgan fingerprint density at radius 2 is 2.00 bits per heavy atom. The molecule has 2 fully saturated rings. The minimum absolute atomic E-state index is 0.122. The van der Waals surface area contributed by atoms with Gasteiger partial charge in [0, 0.05) is 12.1 Å². The van der Waals surface area contributed by atoms with Gasteiger partial charge in [-0.2, -0.15) is 0 Å². The van der Waals surface area contributed by atoms with Gasteiger partial charge in [-0.15, -0.1) is 0 Å². The summed E-state index contributed by atoms with van der Waals surface area (Å²) in [5.74, 6) is -0.0868. The minimum atomic E-state index is -0.209. The highest BCUT2D eigenvalue weighted by Gasteiger charge is 2.29. The number of nitrogens with one attached hydrogen (secondary N) is 1. The van der Waals surface area contributed by atoms with E-state index in [1.807, 2.05) is 12.1 Å². The van der Waals surface area contributed by atoms with Gasteiger partial charge in [-0.25, -0.2) is 4.39 Å². The molecule has 1 aromatic carbocycles. The molecule has 0 spiro atoms. The Morgan fingerprint density at radius 1 is 1.26 bits per heavy atom. The van der Waals surface area contributed by atoms with Crippen LogP contribution in [-0.2, 0) is 4.79 Å². The van der Waals surface area contributed by atoms with E-state index in [-0.39, 0.29) is 17.8 Å². The van der Waals surface area contributed by atoms with Crippen LogP contribution in [0.1, 0.15) is 37.3 Å². The molecule has 0 radical (unpaired) electrons. The van der Waals surface area contributed by atoms with Crippen molar-refractivity contribution >= 4 is 5.91 Å². The molecule has 0 bridgehead atoms. The lowest BCUT2D eigenvalue weighted by Crippen LogP contribution is -2.37. The SMILES string of the molecule is O=C(CN1CCC[C@H]1c1ccc(F)cc1)NC1CC1. The molecule has 19 heavy (non-hydrogen) atoms. The van der Waals surface area contributed by atoms with Crippen molar-refractivity contribution in [1.82, 2.24) is 10.2 Å². The Labute approximate surface area is 112 Å². The van der Waals surface area contributed by atoms with E-state index in [9.17, 15) is 9.18 Å². The molecule has 1 N–H and O–H groups in total. The van der Waals surface area contributed by atoms with E-state index in [4.69, 9.17) is 0 Å². The molecule has 1 saturated heterocycles. The molecule has 4 heteroatoms. The van der Waals surface area contributed by atoms with Crippen LogP contribution >= 0.6 is 0 Å². The number of likely N-dealkylation sites (tertiary alicyclic amines) is 1. The second-order valence-corrected chi connectivity index (χ2v) is 5.52. The van der Waals surface area contributed by atoms with Gasteiger partial charge in [0.05, 0.1) is 6.54 Å². The van der Waals surface area contributed by atoms with Crippen LogP contribution in [0, 0.1) is 5.82 Å². The summed E-state index contributed by atoms with van der Waals surface area (Å²) in [4.78, 5) is 14.1. The molecular weight excluding hydrogens is 243 g/mol. The molecule has 3 nitrogen and oxygen atoms in total. The number of hydrogen-bond donors (Lipinski definition) is 1. The van der Waals surface area contributed by atoms with Gasteiger partial charge in [-0.1, -0.05) is 12.1 Å². The standard InChI is InChI=1S/C15H19FN2O/c16-12-5-3-11(4-6-12)14-2-1-9-18(14)10-15(19)17-13-7-8-13/h3-6,13-14H,1-2,7-10H2,(H,17,19)/t14-/m0/s1. The van der Waals surface area contributed by atoms with Crippen molar-refractivity contribution in [3.63, 3.8) is 0 Å². The Hall–Kier alpha value is -1.42. The van der Waals surface area contributed by atoms with Crippen LogP contribution in [0.5, 0.6) is 0 Å². The van der Waals surface area contributed by atoms with Gasteiger partial charge in [0.15, 0.2) is 0 Å². The normalized spacial score (nSPS) is 23.5. The molecule has 3 rings (SSSR count). The lowest BCUT2D eigenvalue weighted by Gasteiger charge is -2.24. The second-order valence-electron chi connectivity index (χ2n) is 5.52. The third kappa shape index (κ3) is 3.13. The molecule has 1 atom stereocenters. The number of halogens is 1. The summed E-state index contributed by atoms with van der Waals surface area (Å²) < 4.78 is 13.0. The zero-order valence-electron chi connectivity index (χ0n) is 10.9. The molecule has 102 valence electrons. The first-order valence-corrected chi connectivity index (χ1v) is 7.01. The maximum Gasteiger partial charge on any atom is 0.234 e. The van der Waals surface area contributed by atoms with E-state index in [0.717, 1.165) is 37.8 Å². The number of hydrogen-bond acceptors (Lipinski definition) is 2. The predicted molar refractivity (Wildman–Crippen MR) is 71.1 cm³/mol. The third-order valence-corrected chi connectivity index (χ3v) is 3.91. The summed E-state index contributed by atoms with van der Waals surface area (Å²) in [6.45, 7) is 1.40. The van der Waals surface area contributed by atoms with Crippen LogP contribution in [0.25, 0.3) is 0 Å². The van der Waals surface area contributed by atoms with Gasteiger partial charge in [-0.05, 0) is 49.9 Å². The highest BCUT2D eigenvalue weighted by molar-refractivity contribution is 5.78. The number of carbonyl (C=O) groups is 1. The fourth-order valence-corrected chi connectivity index (χ4v) is 2.76. The van der Waals surface area contributed by atoms with Gasteiger partial charge in [0.1, 0.15) is 5.82 Å². The number of nitrogens with zero attached hydrogens (tertiary/aromatic N) is 1. The first-order chi connectivity index (χ1) is 9.22. The molecule has 1 amide bonds. The first kappa shape index (κ1) is 12.6. The molecular formula is C15H19FN2O. The summed E-state index contributed by atoms with van der Waals surface area (Å²) in [7, 11) is 0. The van der Waals surface area contributed by atoms with E-state index >= 15 is 0 Å². The van der Waals surface area contributed by atoms with Crippen LogP contribution in [0.3, 0.4) is 0 Å². The minimum Gasteiger partial charge on any atom is -0.352 e. The van der Waals surface area contributed by atoms with Crippen molar-refractivity contribution in [3.8, 4) is 0 Å². The molecule has 1 aromatic rings. The Kier molecular flexibility index (Phi) is 3.51. The van der Waals surface area contributed by atoms with Crippen LogP contribution in [-0.4, -0.2) is 29.9 Å². The average Bonchev–Trinajstić information content (AvgIpc) is 3.08. The molecule has 1 aliphatic carbocycles. The van der Waals surface area contributed by atoms with Crippen molar-refractivity contribution in [2.24, 2.45) is 0 Å². The van der Waals surface area contributed by atoms with E-state index in [0.29, 0.717) is 12.6 Å². The largest absolute Gasteiger partial charge is 0.352 e. The Bertz CT molecular complexity index is 456. The van der Waals surface area contributed by atoms with Crippen LogP contribution < -0.4 is 5.32 Å². The van der Waals surface area contributed by atoms with Crippen LogP contribution in [0.4, 0.5) is 4.39 Å². The third-order valence-electron chi connectivity index (χ3n) is 3.91. The molecule has 1 saturated carbocycles. The van der Waals surface area contributed by atoms with Gasteiger partial charge < -0.3 is 5.32 Å². The summed E-state index contributed by atoms with van der Waals surface area (Å²) in [5, 5.41) is 3.02. The predicted octanol–water partition coefficient (Wildman–Crippen LogP) is 2.24. The Morgan fingerprint density at radius 3 is 2.68 bits per heavy atom. The number of carbonyl (C=O) groups excluding carboxylic acids is 1. The van der Waals surface area contributed by atoms with Gasteiger partial charge in [0.2, 0.25) is 5.91 Å². The number of benzene rings is 1. The number of amides is 1. The molecule has 0 unspecified atom stereocenters. The smallest absolute Gasteiger partial charge is 0.234 e. The Balaban J connectivity index is 1.63. The quantitative estimate of drug-likeness (QED) is 0.902. The highest BCUT2D eigenvalue weighted by Crippen LogP contribution is 2.31. The summed E-state index contributed by atoms with van der Waals surface area (Å²) >= 11 is 0. The van der Waals surface area contributed by atoms with Crippen LogP contribution in [0.2, 0.25) is 0 Å². The fourth-order valence-electron chi connectivity index (χ4n) is 2.76. The van der Waals surface area contributed by atoms with E-state index in [1.165, 1.54) is 12.1 Å². The zero-order chi connectivity index (χ0) is 13.2. The average molecular weight is 262 g/mol. The second kappa shape index (κ2) is 5.29. The summed E-state index contributed by atoms with van der Waals surface area (Å²) in [6, 6.07) is 7.32. The fraction of sp³-hybridized carbons (Fsp3) is 0.533. The summed E-state index contributed by atoms with van der Waals surface area (Å²) in [6.07, 6.45) is 4.38. The topological polar surface area (TPSA) is 32.3 Å². The number of rotatable bonds is 4. The van der Waals surface area contributed by atoms with Crippen LogP contribution in [0.15, 0.2) is 24.3 Å². The maximum atomic E-state index is 13.0. The van der Waals surface area contributed by atoms with Crippen molar-refractivity contribution in [3.05, 3.63) is 35.6 Å². The lowest BCUT2D eigenvalue weighted by molar-refractivity contribution is -0.122. The van der Waals surface area contributed by atoms with Crippen molar-refractivity contribution < 1.29 is 9.18 Å². The van der Waals surface area contributed by atoms with E-state index < -0.39 is 0 Å². The van der Waals surface area contributed by atoms with Crippen molar-refractivity contribution in [1.29, 1.82) is 0 Å². The molecule has 1 heterocycles. The molecule has 0 aromatic heterocycles. The summed E-state index contributed by atoms with van der Waals surface area (Å²) in [5.41, 5.74) is 1.11. The van der Waals surface area contributed by atoms with Crippen molar-refractivity contribution in [2.75, 3.05) is 13.1 Å². The van der Waals surface area contributed by atoms with E-state index in [1.54, 1.807) is 0 Å². The van der Waals surface area contributed by atoms with E-state index in [2.05, 4.69) is 10.2 Å². The van der Waals surface area contributed by atoms with Crippen molar-refractivity contribution in [2.45, 2.75) is 37.8 Å². The van der Waals surface area contributed by atoms with Gasteiger partial charge >= 0.3 is 0 Å². The van der Waals surface area contributed by atoms with Gasteiger partial charge in [-0.3, -0.25) is 9.69 Å². The molecule has 2 aliphatic rings. The van der Waals surface area contributed by atoms with Gasteiger partial charge in [0.25, 0.3) is 0 Å². The molecule has 1 aliphatic heterocycles. The maximum absolute atomic E-state index is 13.0. The lowest BCUT2D eigenvalue weighted by atomic mass is 10.0. The highest BCUT2D eigenvalue weighted by atomic mass is 19.1. The zero-order valence-corrected chi connectivity index (χ0v) is 10.9. The first-order valence-electron chi connectivity index (χ1n) is 7.01. The monoisotopic (exact) mass is 262 g/mol.